The largest absolute Gasteiger partial charge is 0.380 e. The van der Waals surface area contributed by atoms with Crippen molar-refractivity contribution in [1.29, 1.82) is 0 Å². The van der Waals surface area contributed by atoms with E-state index in [-0.39, 0.29) is 36.1 Å². The Bertz CT molecular complexity index is 233. The summed E-state index contributed by atoms with van der Waals surface area (Å²) < 4.78 is 10.4. The fraction of sp³-hybridized carbons (Fsp3) is 0.917. The lowest BCUT2D eigenvalue weighted by atomic mass is 10.00. The Kier molecular flexibility index (Phi) is 10.6. The molecule has 0 heterocycles. The van der Waals surface area contributed by atoms with E-state index in [1.807, 2.05) is 20.8 Å². The van der Waals surface area contributed by atoms with E-state index in [2.05, 4.69) is 5.32 Å². The topological polar surface area (TPSA) is 73.6 Å². The second kappa shape index (κ2) is 9.55. The summed E-state index contributed by atoms with van der Waals surface area (Å²) in [6.45, 7) is 6.30. The van der Waals surface area contributed by atoms with Gasteiger partial charge in [0.25, 0.3) is 0 Å². The first-order valence-electron chi connectivity index (χ1n) is 5.92. The molecule has 0 aliphatic carbocycles. The zero-order valence-electron chi connectivity index (χ0n) is 12.0. The van der Waals surface area contributed by atoms with Gasteiger partial charge in [-0.25, -0.2) is 0 Å². The summed E-state index contributed by atoms with van der Waals surface area (Å²) in [5.41, 5.74) is 5.23. The Labute approximate surface area is 116 Å². The fourth-order valence-corrected chi connectivity index (χ4v) is 1.68. The van der Waals surface area contributed by atoms with Crippen molar-refractivity contribution in [2.24, 2.45) is 5.73 Å². The van der Waals surface area contributed by atoms with Crippen LogP contribution in [-0.2, 0) is 14.3 Å². The molecule has 2 unspecified atom stereocenters. The Morgan fingerprint density at radius 1 is 1.39 bits per heavy atom. The lowest BCUT2D eigenvalue weighted by Gasteiger charge is -2.27. The highest BCUT2D eigenvalue weighted by atomic mass is 35.5. The number of amides is 1. The number of rotatable bonds is 8. The summed E-state index contributed by atoms with van der Waals surface area (Å²) in [6, 6.07) is 0.0627. The van der Waals surface area contributed by atoms with E-state index in [1.165, 1.54) is 0 Å². The summed E-state index contributed by atoms with van der Waals surface area (Å²) in [5, 5.41) is 2.91. The Hall–Kier alpha value is -0.360. The molecule has 0 aromatic heterocycles. The van der Waals surface area contributed by atoms with Crippen LogP contribution in [0.25, 0.3) is 0 Å². The van der Waals surface area contributed by atoms with Gasteiger partial charge in [-0.2, -0.15) is 0 Å². The molecule has 0 aromatic rings. The molecule has 5 nitrogen and oxygen atoms in total. The number of halogens is 1. The normalized spacial score (nSPS) is 14.6. The smallest absolute Gasteiger partial charge is 0.222 e. The second-order valence-corrected chi connectivity index (χ2v) is 4.93. The zero-order chi connectivity index (χ0) is 13.5. The Balaban J connectivity index is 0. The van der Waals surface area contributed by atoms with E-state index >= 15 is 0 Å². The van der Waals surface area contributed by atoms with E-state index in [9.17, 15) is 4.79 Å². The number of ether oxygens (including phenoxy) is 2. The molecule has 6 heteroatoms. The van der Waals surface area contributed by atoms with E-state index in [0.29, 0.717) is 13.0 Å². The van der Waals surface area contributed by atoms with Crippen LogP contribution in [0, 0.1) is 0 Å². The van der Waals surface area contributed by atoms with Crippen molar-refractivity contribution < 1.29 is 14.3 Å². The number of nitrogens with one attached hydrogen (secondary N) is 1. The quantitative estimate of drug-likeness (QED) is 0.699. The fourth-order valence-electron chi connectivity index (χ4n) is 1.68. The van der Waals surface area contributed by atoms with Crippen molar-refractivity contribution in [3.05, 3.63) is 0 Å². The van der Waals surface area contributed by atoms with Crippen LogP contribution in [0.4, 0.5) is 0 Å². The first-order valence-corrected chi connectivity index (χ1v) is 5.92. The third-order valence-corrected chi connectivity index (χ3v) is 2.77. The van der Waals surface area contributed by atoms with Crippen molar-refractivity contribution in [3.8, 4) is 0 Å². The molecule has 0 bridgehead atoms. The number of hydrogen-bond donors (Lipinski definition) is 2. The number of carbonyl (C=O) groups excluding carboxylic acids is 1. The summed E-state index contributed by atoms with van der Waals surface area (Å²) in [7, 11) is 3.23. The van der Waals surface area contributed by atoms with E-state index < -0.39 is 0 Å². The Morgan fingerprint density at radius 3 is 2.33 bits per heavy atom. The molecule has 3 N–H and O–H groups in total. The van der Waals surface area contributed by atoms with Crippen LogP contribution in [0.1, 0.15) is 33.6 Å². The van der Waals surface area contributed by atoms with Gasteiger partial charge in [-0.3, -0.25) is 4.79 Å². The van der Waals surface area contributed by atoms with Crippen LogP contribution in [0.15, 0.2) is 0 Å². The molecule has 110 valence electrons. The maximum absolute atomic E-state index is 11.7. The minimum atomic E-state index is -0.235. The first-order chi connectivity index (χ1) is 7.84. The molecule has 0 spiro atoms. The van der Waals surface area contributed by atoms with Gasteiger partial charge in [0.05, 0.1) is 18.1 Å². The lowest BCUT2D eigenvalue weighted by molar-refractivity contribution is -0.124. The maximum atomic E-state index is 11.7. The summed E-state index contributed by atoms with van der Waals surface area (Å²) in [4.78, 5) is 11.7. The Morgan fingerprint density at radius 2 is 1.94 bits per heavy atom. The first kappa shape index (κ1) is 20.0. The van der Waals surface area contributed by atoms with Gasteiger partial charge < -0.3 is 20.5 Å². The second-order valence-electron chi connectivity index (χ2n) is 4.93. The summed E-state index contributed by atoms with van der Waals surface area (Å²) >= 11 is 0. The molecule has 0 aromatic carbocycles. The number of methoxy groups -OCH3 is 2. The maximum Gasteiger partial charge on any atom is 0.222 e. The van der Waals surface area contributed by atoms with Crippen LogP contribution in [0.2, 0.25) is 0 Å². The van der Waals surface area contributed by atoms with Gasteiger partial charge in [0.2, 0.25) is 5.91 Å². The molecule has 18 heavy (non-hydrogen) atoms. The third kappa shape index (κ3) is 8.69. The van der Waals surface area contributed by atoms with E-state index in [1.54, 1.807) is 14.2 Å². The van der Waals surface area contributed by atoms with Gasteiger partial charge in [-0.05, 0) is 27.2 Å². The monoisotopic (exact) mass is 282 g/mol. The highest BCUT2D eigenvalue weighted by Gasteiger charge is 2.21. The van der Waals surface area contributed by atoms with Gasteiger partial charge in [0.1, 0.15) is 0 Å². The summed E-state index contributed by atoms with van der Waals surface area (Å²) in [6.07, 6.45) is 0.845. The number of hydrogen-bond acceptors (Lipinski definition) is 4. The van der Waals surface area contributed by atoms with Gasteiger partial charge in [-0.1, -0.05) is 0 Å². The standard InChI is InChI=1S/C12H26N2O3.ClH/c1-9(7-12(2,3)17-5)14-11(15)6-10(8-13)16-4;/h9-10H,6-8,13H2,1-5H3,(H,14,15);1H. The molecular weight excluding hydrogens is 256 g/mol. The summed E-state index contributed by atoms with van der Waals surface area (Å²) in [5.74, 6) is -0.0401. The molecule has 0 rings (SSSR count). The molecule has 0 saturated heterocycles. The van der Waals surface area contributed by atoms with Crippen LogP contribution in [0.5, 0.6) is 0 Å². The highest BCUT2D eigenvalue weighted by Crippen LogP contribution is 2.15. The van der Waals surface area contributed by atoms with Gasteiger partial charge in [0.15, 0.2) is 0 Å². The predicted octanol–water partition coefficient (Wildman–Crippen LogP) is 1.09. The van der Waals surface area contributed by atoms with Gasteiger partial charge >= 0.3 is 0 Å². The van der Waals surface area contributed by atoms with Crippen LogP contribution in [0.3, 0.4) is 0 Å². The van der Waals surface area contributed by atoms with Gasteiger partial charge in [0, 0.05) is 26.8 Å². The van der Waals surface area contributed by atoms with E-state index in [0.717, 1.165) is 6.42 Å². The minimum absolute atomic E-state index is 0. The molecule has 0 saturated carbocycles. The SMILES string of the molecule is COC(CN)CC(=O)NC(C)CC(C)(C)OC.Cl. The van der Waals surface area contributed by atoms with Crippen molar-refractivity contribution in [3.63, 3.8) is 0 Å². The highest BCUT2D eigenvalue weighted by molar-refractivity contribution is 5.85. The van der Waals surface area contributed by atoms with Crippen molar-refractivity contribution in [1.82, 2.24) is 5.32 Å². The molecule has 2 atom stereocenters. The number of nitrogens with two attached hydrogens (primary N) is 1. The van der Waals surface area contributed by atoms with Crippen LogP contribution in [-0.4, -0.2) is 44.4 Å². The lowest BCUT2D eigenvalue weighted by Crippen LogP contribution is -2.41. The predicted molar refractivity (Wildman–Crippen MR) is 75.0 cm³/mol. The van der Waals surface area contributed by atoms with Gasteiger partial charge in [-0.15, -0.1) is 12.4 Å². The molecule has 0 fully saturated rings. The molecule has 0 aliphatic heterocycles. The van der Waals surface area contributed by atoms with E-state index in [4.69, 9.17) is 15.2 Å². The third-order valence-electron chi connectivity index (χ3n) is 2.77. The molecule has 0 aliphatic rings. The van der Waals surface area contributed by atoms with Crippen molar-refractivity contribution in [2.75, 3.05) is 20.8 Å². The minimum Gasteiger partial charge on any atom is -0.380 e. The molecule has 0 radical (unpaired) electrons. The zero-order valence-corrected chi connectivity index (χ0v) is 12.8. The van der Waals surface area contributed by atoms with Crippen molar-refractivity contribution in [2.45, 2.75) is 51.4 Å². The number of carbonyl (C=O) groups is 1. The van der Waals surface area contributed by atoms with Crippen LogP contribution < -0.4 is 11.1 Å². The molecule has 1 amide bonds. The average molecular weight is 283 g/mol. The van der Waals surface area contributed by atoms with Crippen molar-refractivity contribution >= 4 is 18.3 Å². The average Bonchev–Trinajstić information content (AvgIpc) is 2.24. The molecular formula is C12H27ClN2O3. The van der Waals surface area contributed by atoms with Crippen LogP contribution >= 0.6 is 12.4 Å².